The van der Waals surface area contributed by atoms with Crippen LogP contribution >= 0.6 is 0 Å². The minimum absolute atomic E-state index is 0.188. The maximum atomic E-state index is 11.9. The first kappa shape index (κ1) is 13.5. The van der Waals surface area contributed by atoms with Crippen molar-refractivity contribution in [2.24, 2.45) is 11.8 Å². The Hall–Kier alpha value is -0.570. The fourth-order valence-electron chi connectivity index (χ4n) is 2.27. The Morgan fingerprint density at radius 2 is 2.25 bits per heavy atom. The Labute approximate surface area is 99.4 Å². The van der Waals surface area contributed by atoms with Gasteiger partial charge in [-0.1, -0.05) is 20.3 Å². The summed E-state index contributed by atoms with van der Waals surface area (Å²) in [7, 11) is 0. The zero-order valence-corrected chi connectivity index (χ0v) is 10.9. The molecule has 1 saturated heterocycles. The van der Waals surface area contributed by atoms with Crippen molar-refractivity contribution in [3.63, 3.8) is 0 Å². The van der Waals surface area contributed by atoms with E-state index >= 15 is 0 Å². The Morgan fingerprint density at radius 1 is 1.50 bits per heavy atom. The van der Waals surface area contributed by atoms with Crippen LogP contribution in [0.2, 0.25) is 0 Å². The van der Waals surface area contributed by atoms with Crippen LogP contribution < -0.4 is 10.6 Å². The van der Waals surface area contributed by atoms with Crippen molar-refractivity contribution in [3.8, 4) is 0 Å². The summed E-state index contributed by atoms with van der Waals surface area (Å²) in [6.45, 7) is 8.46. The van der Waals surface area contributed by atoms with Crippen molar-refractivity contribution in [2.45, 2.75) is 52.5 Å². The molecule has 0 saturated carbocycles. The van der Waals surface area contributed by atoms with Crippen molar-refractivity contribution in [1.82, 2.24) is 10.6 Å². The molecule has 0 aromatic carbocycles. The number of carbonyl (C=O) groups excluding carboxylic acids is 1. The molecule has 2 N–H and O–H groups in total. The molecule has 1 aliphatic rings. The predicted octanol–water partition coefficient (Wildman–Crippen LogP) is 1.93. The molecule has 0 aromatic rings. The monoisotopic (exact) mass is 226 g/mol. The normalized spacial score (nSPS) is 24.8. The predicted molar refractivity (Wildman–Crippen MR) is 67.3 cm³/mol. The highest BCUT2D eigenvalue weighted by Crippen LogP contribution is 2.13. The molecule has 3 atom stereocenters. The van der Waals surface area contributed by atoms with E-state index in [4.69, 9.17) is 0 Å². The van der Waals surface area contributed by atoms with Gasteiger partial charge >= 0.3 is 0 Å². The zero-order valence-electron chi connectivity index (χ0n) is 10.9. The lowest BCUT2D eigenvalue weighted by molar-refractivity contribution is -0.126. The van der Waals surface area contributed by atoms with Gasteiger partial charge in [0.1, 0.15) is 0 Å². The number of hydrogen-bond donors (Lipinski definition) is 2. The summed E-state index contributed by atoms with van der Waals surface area (Å²) in [5.41, 5.74) is 0. The Kier molecular flexibility index (Phi) is 5.81. The van der Waals surface area contributed by atoms with Crippen LogP contribution in [0, 0.1) is 11.8 Å². The molecule has 2 unspecified atom stereocenters. The molecule has 0 aliphatic carbocycles. The van der Waals surface area contributed by atoms with Crippen LogP contribution in [0.3, 0.4) is 0 Å². The van der Waals surface area contributed by atoms with Crippen molar-refractivity contribution in [1.29, 1.82) is 0 Å². The van der Waals surface area contributed by atoms with E-state index in [1.807, 2.05) is 0 Å². The SMILES string of the molecule is CCC(C)CC(C)NC(=O)[C@H]1CCCNC1. The van der Waals surface area contributed by atoms with Gasteiger partial charge in [-0.2, -0.15) is 0 Å². The Morgan fingerprint density at radius 3 is 2.81 bits per heavy atom. The summed E-state index contributed by atoms with van der Waals surface area (Å²) in [6.07, 6.45) is 4.43. The first-order valence-corrected chi connectivity index (χ1v) is 6.64. The average Bonchev–Trinajstić information content (AvgIpc) is 2.29. The van der Waals surface area contributed by atoms with Crippen LogP contribution in [0.15, 0.2) is 0 Å². The molecule has 16 heavy (non-hydrogen) atoms. The van der Waals surface area contributed by atoms with Gasteiger partial charge in [-0.05, 0) is 38.6 Å². The molecule has 3 nitrogen and oxygen atoms in total. The highest BCUT2D eigenvalue weighted by molar-refractivity contribution is 5.79. The molecule has 0 radical (unpaired) electrons. The van der Waals surface area contributed by atoms with Crippen molar-refractivity contribution >= 4 is 5.91 Å². The van der Waals surface area contributed by atoms with Crippen LogP contribution in [0.25, 0.3) is 0 Å². The first-order chi connectivity index (χ1) is 7.63. The molecule has 1 heterocycles. The smallest absolute Gasteiger partial charge is 0.224 e. The fraction of sp³-hybridized carbons (Fsp3) is 0.923. The number of piperidine rings is 1. The standard InChI is InChI=1S/C13H26N2O/c1-4-10(2)8-11(3)15-13(16)12-6-5-7-14-9-12/h10-12,14H,4-9H2,1-3H3,(H,15,16)/t10?,11?,12-/m0/s1. The van der Waals surface area contributed by atoms with E-state index in [0.29, 0.717) is 12.0 Å². The van der Waals surface area contributed by atoms with E-state index in [0.717, 1.165) is 32.4 Å². The summed E-state index contributed by atoms with van der Waals surface area (Å²) in [5.74, 6) is 1.12. The quantitative estimate of drug-likeness (QED) is 0.752. The molecule has 94 valence electrons. The Balaban J connectivity index is 2.26. The van der Waals surface area contributed by atoms with E-state index in [1.165, 1.54) is 6.42 Å². The number of carbonyl (C=O) groups is 1. The lowest BCUT2D eigenvalue weighted by atomic mass is 9.96. The van der Waals surface area contributed by atoms with Gasteiger partial charge in [-0.15, -0.1) is 0 Å². The molecule has 0 spiro atoms. The summed E-state index contributed by atoms with van der Waals surface area (Å²) < 4.78 is 0. The highest BCUT2D eigenvalue weighted by Gasteiger charge is 2.22. The third kappa shape index (κ3) is 4.52. The van der Waals surface area contributed by atoms with Gasteiger partial charge in [0.05, 0.1) is 5.92 Å². The summed E-state index contributed by atoms with van der Waals surface area (Å²) in [5, 5.41) is 6.42. The molecular weight excluding hydrogens is 200 g/mol. The van der Waals surface area contributed by atoms with Crippen molar-refractivity contribution < 1.29 is 4.79 Å². The minimum Gasteiger partial charge on any atom is -0.353 e. The summed E-state index contributed by atoms with van der Waals surface area (Å²) in [4.78, 5) is 11.9. The van der Waals surface area contributed by atoms with Crippen molar-refractivity contribution in [3.05, 3.63) is 0 Å². The minimum atomic E-state index is 0.188. The summed E-state index contributed by atoms with van der Waals surface area (Å²) >= 11 is 0. The fourth-order valence-corrected chi connectivity index (χ4v) is 2.27. The molecule has 1 rings (SSSR count). The number of amides is 1. The first-order valence-electron chi connectivity index (χ1n) is 6.64. The van der Waals surface area contributed by atoms with E-state index in [-0.39, 0.29) is 11.8 Å². The van der Waals surface area contributed by atoms with Gasteiger partial charge in [0.2, 0.25) is 5.91 Å². The van der Waals surface area contributed by atoms with E-state index in [1.54, 1.807) is 0 Å². The van der Waals surface area contributed by atoms with E-state index in [9.17, 15) is 4.79 Å². The van der Waals surface area contributed by atoms with Crippen LogP contribution in [0.1, 0.15) is 46.5 Å². The molecule has 1 amide bonds. The van der Waals surface area contributed by atoms with Gasteiger partial charge in [-0.3, -0.25) is 4.79 Å². The second kappa shape index (κ2) is 6.89. The van der Waals surface area contributed by atoms with Gasteiger partial charge < -0.3 is 10.6 Å². The molecular formula is C13H26N2O. The van der Waals surface area contributed by atoms with Gasteiger partial charge in [-0.25, -0.2) is 0 Å². The largest absolute Gasteiger partial charge is 0.353 e. The average molecular weight is 226 g/mol. The maximum absolute atomic E-state index is 11.9. The topological polar surface area (TPSA) is 41.1 Å². The van der Waals surface area contributed by atoms with Crippen LogP contribution in [0.4, 0.5) is 0 Å². The maximum Gasteiger partial charge on any atom is 0.224 e. The van der Waals surface area contributed by atoms with E-state index < -0.39 is 0 Å². The summed E-state index contributed by atoms with van der Waals surface area (Å²) in [6, 6.07) is 0.310. The lowest BCUT2D eigenvalue weighted by Crippen LogP contribution is -2.43. The highest BCUT2D eigenvalue weighted by atomic mass is 16.1. The second-order valence-corrected chi connectivity index (χ2v) is 5.20. The second-order valence-electron chi connectivity index (χ2n) is 5.20. The van der Waals surface area contributed by atoms with Gasteiger partial charge in [0, 0.05) is 12.6 Å². The van der Waals surface area contributed by atoms with Crippen LogP contribution in [0.5, 0.6) is 0 Å². The molecule has 0 aromatic heterocycles. The van der Waals surface area contributed by atoms with Gasteiger partial charge in [0.15, 0.2) is 0 Å². The third-order valence-electron chi connectivity index (χ3n) is 3.51. The lowest BCUT2D eigenvalue weighted by Gasteiger charge is -2.25. The number of nitrogens with one attached hydrogen (secondary N) is 2. The number of hydrogen-bond acceptors (Lipinski definition) is 2. The third-order valence-corrected chi connectivity index (χ3v) is 3.51. The molecule has 3 heteroatoms. The van der Waals surface area contributed by atoms with E-state index in [2.05, 4.69) is 31.4 Å². The number of rotatable bonds is 5. The Bertz CT molecular complexity index is 212. The molecule has 0 bridgehead atoms. The van der Waals surface area contributed by atoms with Crippen LogP contribution in [-0.2, 0) is 4.79 Å². The van der Waals surface area contributed by atoms with Gasteiger partial charge in [0.25, 0.3) is 0 Å². The molecule has 1 aliphatic heterocycles. The molecule has 1 fully saturated rings. The van der Waals surface area contributed by atoms with Crippen LogP contribution in [-0.4, -0.2) is 25.0 Å². The van der Waals surface area contributed by atoms with Crippen molar-refractivity contribution in [2.75, 3.05) is 13.1 Å². The zero-order chi connectivity index (χ0) is 12.0.